The normalized spacial score (nSPS) is 13.6. The number of amides is 1. The van der Waals surface area contributed by atoms with Crippen molar-refractivity contribution in [1.82, 2.24) is 5.32 Å². The van der Waals surface area contributed by atoms with Crippen molar-refractivity contribution < 1.29 is 19.0 Å². The van der Waals surface area contributed by atoms with E-state index in [4.69, 9.17) is 5.11 Å². The highest BCUT2D eigenvalue weighted by molar-refractivity contribution is 8.23. The van der Waals surface area contributed by atoms with E-state index in [-0.39, 0.29) is 11.2 Å². The van der Waals surface area contributed by atoms with Crippen LogP contribution in [0.4, 0.5) is 4.79 Å². The standard InChI is InChI=1S/C19H37N3O4S10/c1-2-20-11-35(25)10-9-30-17-33-16-29-7-8-34-19(24)22-4-6-28-15-32-14-27-5-3-21-12-36(26)18-31-13-23/h11-12,23H,2-10,13-18H2,1H3,(H,22,24)/b20-11+,21-12+. The number of carbonyl (C=O) groups is 1. The number of hydrogen-bond donors (Lipinski definition) is 2. The molecule has 2 N–H and O–H groups in total. The van der Waals surface area contributed by atoms with E-state index >= 15 is 0 Å². The quantitative estimate of drug-likeness (QED) is 0.0423. The summed E-state index contributed by atoms with van der Waals surface area (Å²) >= 11 is 11.6. The zero-order chi connectivity index (χ0) is 26.5. The topological polar surface area (TPSA) is 120 Å². The third kappa shape index (κ3) is 30.7. The molecule has 0 saturated carbocycles. The minimum Gasteiger partial charge on any atom is -0.611 e. The number of aliphatic hydroxyl groups excluding tert-OH is 1. The van der Waals surface area contributed by atoms with Crippen molar-refractivity contribution in [2.24, 2.45) is 9.98 Å². The molecule has 0 aliphatic rings. The second kappa shape index (κ2) is 31.7. The fraction of sp³-hybridized carbons (Fsp3) is 0.842. The molecule has 0 rings (SSSR count). The van der Waals surface area contributed by atoms with Crippen LogP contribution in [0.25, 0.3) is 0 Å². The van der Waals surface area contributed by atoms with Gasteiger partial charge >= 0.3 is 0 Å². The summed E-state index contributed by atoms with van der Waals surface area (Å²) in [4.78, 5) is 20.0. The monoisotopic (exact) mass is 691 g/mol. The van der Waals surface area contributed by atoms with E-state index < -0.39 is 22.4 Å². The van der Waals surface area contributed by atoms with Gasteiger partial charge < -0.3 is 19.5 Å². The van der Waals surface area contributed by atoms with Gasteiger partial charge in [-0.3, -0.25) is 4.79 Å². The Morgan fingerprint density at radius 3 is 2.17 bits per heavy atom. The van der Waals surface area contributed by atoms with Gasteiger partial charge in [0.15, 0.2) is 5.08 Å². The highest BCUT2D eigenvalue weighted by Gasteiger charge is 2.04. The predicted octanol–water partition coefficient (Wildman–Crippen LogP) is 4.87. The number of aliphatic imine (C=N–C) groups is 2. The maximum Gasteiger partial charge on any atom is 0.279 e. The van der Waals surface area contributed by atoms with Crippen molar-refractivity contribution in [2.75, 3.05) is 85.5 Å². The first kappa shape index (κ1) is 38.2. The fourth-order valence-electron chi connectivity index (χ4n) is 1.76. The van der Waals surface area contributed by atoms with E-state index in [0.29, 0.717) is 30.5 Å². The molecule has 0 saturated heterocycles. The van der Waals surface area contributed by atoms with Gasteiger partial charge in [-0.15, -0.1) is 58.8 Å². The Balaban J connectivity index is 3.29. The molecule has 17 heteroatoms. The lowest BCUT2D eigenvalue weighted by Crippen LogP contribution is -2.22. The van der Waals surface area contributed by atoms with Crippen LogP contribution in [0.1, 0.15) is 6.92 Å². The van der Waals surface area contributed by atoms with Crippen molar-refractivity contribution in [1.29, 1.82) is 0 Å². The molecule has 0 spiro atoms. The van der Waals surface area contributed by atoms with Gasteiger partial charge in [0.05, 0.1) is 12.5 Å². The van der Waals surface area contributed by atoms with Crippen LogP contribution >= 0.6 is 94.1 Å². The molecule has 1 amide bonds. The van der Waals surface area contributed by atoms with Crippen LogP contribution in [-0.2, 0) is 22.4 Å². The molecule has 36 heavy (non-hydrogen) atoms. The van der Waals surface area contributed by atoms with Crippen LogP contribution in [0.5, 0.6) is 0 Å². The fourth-order valence-corrected chi connectivity index (χ4v) is 12.0. The zero-order valence-corrected chi connectivity index (χ0v) is 28.6. The van der Waals surface area contributed by atoms with E-state index in [1.807, 2.05) is 77.5 Å². The Hall–Kier alpha value is 2.19. The SMILES string of the molecule is CC/N=C/[S+]([O-])CCSCSCSCCSC(=O)NCCSCSCSCC/N=C/[S+]([O-])CSCO. The molecule has 0 aromatic carbocycles. The highest BCUT2D eigenvalue weighted by Crippen LogP contribution is 2.19. The van der Waals surface area contributed by atoms with Crippen LogP contribution in [0.2, 0.25) is 0 Å². The molecule has 2 unspecified atom stereocenters. The molecular weight excluding hydrogens is 655 g/mol. The number of thioether (sulfide) groups is 8. The van der Waals surface area contributed by atoms with Crippen LogP contribution in [-0.4, -0.2) is 116 Å². The van der Waals surface area contributed by atoms with Gasteiger partial charge in [0.2, 0.25) is 11.1 Å². The third-order valence-corrected chi connectivity index (χ3v) is 15.1. The van der Waals surface area contributed by atoms with E-state index in [2.05, 4.69) is 15.3 Å². The summed E-state index contributed by atoms with van der Waals surface area (Å²) in [6, 6.07) is 0. The van der Waals surface area contributed by atoms with Crippen LogP contribution in [0.3, 0.4) is 0 Å². The molecule has 0 aliphatic heterocycles. The molecule has 212 valence electrons. The summed E-state index contributed by atoms with van der Waals surface area (Å²) in [5.74, 6) is 5.14. The first-order valence-corrected chi connectivity index (χ1v) is 22.7. The van der Waals surface area contributed by atoms with Gasteiger partial charge in [0, 0.05) is 73.4 Å². The smallest absolute Gasteiger partial charge is 0.279 e. The number of carbonyl (C=O) groups excluding carboxylic acids is 1. The summed E-state index contributed by atoms with van der Waals surface area (Å²) in [6.45, 7) is 3.97. The van der Waals surface area contributed by atoms with Crippen molar-refractivity contribution in [3.8, 4) is 0 Å². The van der Waals surface area contributed by atoms with Crippen molar-refractivity contribution in [3.63, 3.8) is 0 Å². The van der Waals surface area contributed by atoms with Crippen LogP contribution in [0.15, 0.2) is 9.98 Å². The van der Waals surface area contributed by atoms with Gasteiger partial charge in [-0.2, -0.15) is 11.8 Å². The van der Waals surface area contributed by atoms with Crippen molar-refractivity contribution >= 4 is 133 Å². The molecule has 0 aromatic rings. The number of nitrogens with one attached hydrogen (secondary N) is 1. The zero-order valence-electron chi connectivity index (χ0n) is 20.4. The molecule has 2 atom stereocenters. The lowest BCUT2D eigenvalue weighted by atomic mass is 10.8. The molecule has 0 heterocycles. The van der Waals surface area contributed by atoms with Gasteiger partial charge in [-0.25, -0.2) is 9.98 Å². The Labute approximate surface area is 257 Å². The Kier molecular flexibility index (Phi) is 33.6. The van der Waals surface area contributed by atoms with Crippen LogP contribution < -0.4 is 5.32 Å². The average molecular weight is 692 g/mol. The number of rotatable bonds is 26. The summed E-state index contributed by atoms with van der Waals surface area (Å²) in [6.07, 6.45) is 0. The predicted molar refractivity (Wildman–Crippen MR) is 183 cm³/mol. The molecule has 0 aliphatic carbocycles. The molecule has 0 radical (unpaired) electrons. The molecule has 0 fully saturated rings. The second-order valence-electron chi connectivity index (χ2n) is 6.11. The molecular formula is C19H37N3O4S10. The lowest BCUT2D eigenvalue weighted by molar-refractivity contribution is 0.261. The number of nitrogens with zero attached hydrogens (tertiary/aromatic N) is 2. The Morgan fingerprint density at radius 2 is 1.47 bits per heavy atom. The lowest BCUT2D eigenvalue weighted by Gasteiger charge is -2.06. The average Bonchev–Trinajstić information content (AvgIpc) is 2.87. The third-order valence-electron chi connectivity index (χ3n) is 3.29. The first-order valence-electron chi connectivity index (χ1n) is 10.9. The number of hydrogen-bond acceptors (Lipinski definition) is 14. The van der Waals surface area contributed by atoms with Crippen molar-refractivity contribution in [3.05, 3.63) is 0 Å². The van der Waals surface area contributed by atoms with Gasteiger partial charge in [0.1, 0.15) is 5.75 Å². The second-order valence-corrected chi connectivity index (χ2v) is 19.0. The Bertz CT molecular complexity index is 556. The van der Waals surface area contributed by atoms with E-state index in [1.54, 1.807) is 5.55 Å². The highest BCUT2D eigenvalue weighted by atomic mass is 32.3. The minimum atomic E-state index is -1.10. The van der Waals surface area contributed by atoms with Gasteiger partial charge in [-0.05, 0) is 18.1 Å². The first-order chi connectivity index (χ1) is 17.6. The Morgan fingerprint density at radius 1 is 0.833 bits per heavy atom. The van der Waals surface area contributed by atoms with E-state index in [1.165, 1.54) is 29.1 Å². The summed E-state index contributed by atoms with van der Waals surface area (Å²) in [7, 11) is 0. The van der Waals surface area contributed by atoms with E-state index in [0.717, 1.165) is 49.1 Å². The van der Waals surface area contributed by atoms with Gasteiger partial charge in [-0.1, -0.05) is 23.5 Å². The summed E-state index contributed by atoms with van der Waals surface area (Å²) < 4.78 is 23.0. The van der Waals surface area contributed by atoms with E-state index in [9.17, 15) is 13.9 Å². The van der Waals surface area contributed by atoms with Gasteiger partial charge in [0.25, 0.3) is 5.24 Å². The minimum absolute atomic E-state index is 0.0148. The maximum absolute atomic E-state index is 11.9. The number of aliphatic hydroxyl groups is 1. The molecule has 0 bridgehead atoms. The largest absolute Gasteiger partial charge is 0.611 e. The summed E-state index contributed by atoms with van der Waals surface area (Å²) in [5.41, 5.74) is 3.02. The maximum atomic E-state index is 11.9. The molecule has 0 aromatic heterocycles. The van der Waals surface area contributed by atoms with Crippen LogP contribution in [0, 0.1) is 0 Å². The summed E-state index contributed by atoms with van der Waals surface area (Å²) in [5, 5.41) is 16.1. The molecule has 7 nitrogen and oxygen atoms in total. The van der Waals surface area contributed by atoms with Crippen molar-refractivity contribution in [2.45, 2.75) is 6.92 Å².